The van der Waals surface area contributed by atoms with Crippen LogP contribution in [0.3, 0.4) is 0 Å². The summed E-state index contributed by atoms with van der Waals surface area (Å²) in [5, 5.41) is 0.782. The Hall–Kier alpha value is -2.53. The van der Waals surface area contributed by atoms with Crippen LogP contribution in [-0.2, 0) is 12.8 Å². The number of fused-ring (bicyclic) bond motifs is 3. The van der Waals surface area contributed by atoms with Crippen molar-refractivity contribution >= 4 is 22.7 Å². The number of aromatic nitrogens is 2. The topological polar surface area (TPSA) is 47.4 Å². The maximum atomic E-state index is 5.31. The van der Waals surface area contributed by atoms with Gasteiger partial charge in [-0.1, -0.05) is 17.4 Å². The van der Waals surface area contributed by atoms with Crippen molar-refractivity contribution in [3.8, 4) is 17.0 Å². The lowest BCUT2D eigenvalue weighted by atomic mass is 9.93. The lowest BCUT2D eigenvalue weighted by molar-refractivity contribution is 0.414. The van der Waals surface area contributed by atoms with Crippen molar-refractivity contribution in [1.29, 1.82) is 0 Å². The third kappa shape index (κ3) is 2.75. The van der Waals surface area contributed by atoms with Gasteiger partial charge >= 0.3 is 0 Å². The van der Waals surface area contributed by atoms with Crippen LogP contribution in [0.2, 0.25) is 0 Å². The van der Waals surface area contributed by atoms with Crippen LogP contribution in [0.5, 0.6) is 5.75 Å². The predicted molar refractivity (Wildman–Crippen MR) is 93.0 cm³/mol. The number of thiazole rings is 1. The summed E-state index contributed by atoms with van der Waals surface area (Å²) < 4.78 is 5.31. The van der Waals surface area contributed by atoms with Gasteiger partial charge in [-0.25, -0.2) is 9.98 Å². The summed E-state index contributed by atoms with van der Waals surface area (Å²) in [4.78, 5) is 14.7. The molecule has 0 amide bonds. The van der Waals surface area contributed by atoms with Crippen LogP contribution in [0.4, 0.5) is 5.13 Å². The largest absolute Gasteiger partial charge is 0.497 e. The molecule has 0 fully saturated rings. The molecule has 0 saturated carbocycles. The Balaban J connectivity index is 1.67. The fourth-order valence-electron chi connectivity index (χ4n) is 2.73. The maximum absolute atomic E-state index is 5.31. The molecule has 2 heterocycles. The molecule has 23 heavy (non-hydrogen) atoms. The fraction of sp³-hybridized carbons (Fsp3) is 0.167. The van der Waals surface area contributed by atoms with Crippen molar-refractivity contribution in [2.24, 2.45) is 4.99 Å². The average Bonchev–Trinajstić information content (AvgIpc) is 3.04. The number of hydrogen-bond acceptors (Lipinski definition) is 5. The van der Waals surface area contributed by atoms with Crippen molar-refractivity contribution in [2.45, 2.75) is 12.8 Å². The number of nitrogens with zero attached hydrogens (tertiary/aromatic N) is 3. The highest BCUT2D eigenvalue weighted by molar-refractivity contribution is 7.15. The van der Waals surface area contributed by atoms with Gasteiger partial charge in [0.15, 0.2) is 0 Å². The number of hydrogen-bond donors (Lipinski definition) is 0. The van der Waals surface area contributed by atoms with Crippen LogP contribution < -0.4 is 4.74 Å². The van der Waals surface area contributed by atoms with Gasteiger partial charge in [0.2, 0.25) is 5.13 Å². The molecule has 5 heteroatoms. The van der Waals surface area contributed by atoms with E-state index in [1.807, 2.05) is 24.3 Å². The minimum atomic E-state index is 0.782. The first-order chi connectivity index (χ1) is 11.3. The van der Waals surface area contributed by atoms with Crippen LogP contribution in [0.15, 0.2) is 47.6 Å². The Morgan fingerprint density at radius 2 is 2.17 bits per heavy atom. The molecule has 1 aliphatic carbocycles. The van der Waals surface area contributed by atoms with Crippen molar-refractivity contribution in [1.82, 2.24) is 9.97 Å². The maximum Gasteiger partial charge on any atom is 0.209 e. The van der Waals surface area contributed by atoms with Gasteiger partial charge < -0.3 is 4.74 Å². The normalized spacial score (nSPS) is 12.9. The molecule has 0 aliphatic heterocycles. The van der Waals surface area contributed by atoms with Crippen LogP contribution >= 0.6 is 11.3 Å². The highest BCUT2D eigenvalue weighted by Crippen LogP contribution is 2.40. The van der Waals surface area contributed by atoms with E-state index in [0.29, 0.717) is 0 Å². The molecule has 4 rings (SSSR count). The second kappa shape index (κ2) is 5.93. The van der Waals surface area contributed by atoms with Crippen molar-refractivity contribution in [2.75, 3.05) is 7.11 Å². The molecule has 0 N–H and O–H groups in total. The van der Waals surface area contributed by atoms with Gasteiger partial charge in [0.25, 0.3) is 0 Å². The van der Waals surface area contributed by atoms with E-state index in [1.54, 1.807) is 30.9 Å². The highest BCUT2D eigenvalue weighted by atomic mass is 32.1. The van der Waals surface area contributed by atoms with E-state index < -0.39 is 0 Å². The molecule has 0 atom stereocenters. The molecule has 4 nitrogen and oxygen atoms in total. The van der Waals surface area contributed by atoms with Gasteiger partial charge in [0.05, 0.1) is 24.7 Å². The lowest BCUT2D eigenvalue weighted by Gasteiger charge is -2.15. The average molecular weight is 321 g/mol. The number of aryl methyl sites for hydroxylation is 2. The first-order valence-electron chi connectivity index (χ1n) is 7.45. The summed E-state index contributed by atoms with van der Waals surface area (Å²) in [7, 11) is 1.70. The number of aliphatic imine (C=N–C) groups is 1. The Bertz CT molecular complexity index is 871. The minimum Gasteiger partial charge on any atom is -0.497 e. The summed E-state index contributed by atoms with van der Waals surface area (Å²) in [5.41, 5.74) is 4.39. The smallest absolute Gasteiger partial charge is 0.209 e. The number of benzene rings is 1. The Morgan fingerprint density at radius 3 is 3.00 bits per heavy atom. The zero-order chi connectivity index (χ0) is 15.6. The third-order valence-corrected chi connectivity index (χ3v) is 4.89. The fourth-order valence-corrected chi connectivity index (χ4v) is 3.65. The summed E-state index contributed by atoms with van der Waals surface area (Å²) in [5.74, 6) is 0.899. The molecule has 0 saturated heterocycles. The Morgan fingerprint density at radius 1 is 1.22 bits per heavy atom. The standard InChI is InChI=1S/C18H15N3OS/c1-22-14-6-7-15-12(10-14)5-8-16-17(15)21-18(23-16)20-11-13-4-2-3-9-19-13/h2-4,6-7,9-11H,5,8H2,1H3. The van der Waals surface area contributed by atoms with E-state index in [2.05, 4.69) is 22.1 Å². The molecular weight excluding hydrogens is 306 g/mol. The minimum absolute atomic E-state index is 0.782. The molecule has 0 unspecified atom stereocenters. The number of methoxy groups -OCH3 is 1. The van der Waals surface area contributed by atoms with Gasteiger partial charge in [0.1, 0.15) is 5.75 Å². The number of pyridine rings is 1. The number of ether oxygens (including phenoxy) is 1. The molecule has 1 aromatic carbocycles. The second-order valence-corrected chi connectivity index (χ2v) is 6.37. The first-order valence-corrected chi connectivity index (χ1v) is 8.27. The monoisotopic (exact) mass is 321 g/mol. The molecular formula is C18H15N3OS. The SMILES string of the molecule is COc1ccc2c(c1)CCc1sc(N=Cc3ccccn3)nc1-2. The van der Waals surface area contributed by atoms with Crippen molar-refractivity contribution in [3.63, 3.8) is 0 Å². The highest BCUT2D eigenvalue weighted by Gasteiger charge is 2.21. The van der Waals surface area contributed by atoms with Crippen LogP contribution in [0.1, 0.15) is 16.1 Å². The molecule has 0 spiro atoms. The van der Waals surface area contributed by atoms with Gasteiger partial charge in [0, 0.05) is 16.6 Å². The lowest BCUT2D eigenvalue weighted by Crippen LogP contribution is -2.02. The van der Waals surface area contributed by atoms with E-state index in [1.165, 1.54) is 16.0 Å². The van der Waals surface area contributed by atoms with Crippen LogP contribution in [0, 0.1) is 0 Å². The Labute approximate surface area is 138 Å². The van der Waals surface area contributed by atoms with E-state index in [-0.39, 0.29) is 0 Å². The quantitative estimate of drug-likeness (QED) is 0.683. The van der Waals surface area contributed by atoms with Crippen molar-refractivity contribution in [3.05, 3.63) is 58.7 Å². The predicted octanol–water partition coefficient (Wildman–Crippen LogP) is 4.06. The zero-order valence-electron chi connectivity index (χ0n) is 12.7. The zero-order valence-corrected chi connectivity index (χ0v) is 13.5. The molecule has 2 aromatic heterocycles. The molecule has 3 aromatic rings. The van der Waals surface area contributed by atoms with Gasteiger partial charge in [-0.3, -0.25) is 4.98 Å². The van der Waals surface area contributed by atoms with E-state index in [4.69, 9.17) is 9.72 Å². The van der Waals surface area contributed by atoms with Crippen LogP contribution in [-0.4, -0.2) is 23.3 Å². The summed E-state index contributed by atoms with van der Waals surface area (Å²) >= 11 is 1.66. The van der Waals surface area contributed by atoms with Gasteiger partial charge in [-0.15, -0.1) is 0 Å². The van der Waals surface area contributed by atoms with Gasteiger partial charge in [-0.2, -0.15) is 0 Å². The molecule has 0 radical (unpaired) electrons. The van der Waals surface area contributed by atoms with E-state index in [9.17, 15) is 0 Å². The second-order valence-electron chi connectivity index (χ2n) is 5.30. The Kier molecular flexibility index (Phi) is 3.63. The third-order valence-electron chi connectivity index (χ3n) is 3.87. The summed E-state index contributed by atoms with van der Waals surface area (Å²) in [6, 6.07) is 12.0. The van der Waals surface area contributed by atoms with E-state index >= 15 is 0 Å². The van der Waals surface area contributed by atoms with Gasteiger partial charge in [-0.05, 0) is 48.7 Å². The molecule has 1 aliphatic rings. The molecule has 114 valence electrons. The number of rotatable bonds is 3. The van der Waals surface area contributed by atoms with Crippen molar-refractivity contribution < 1.29 is 4.74 Å². The van der Waals surface area contributed by atoms with Crippen LogP contribution in [0.25, 0.3) is 11.3 Å². The van der Waals surface area contributed by atoms with E-state index in [0.717, 1.165) is 35.1 Å². The summed E-state index contributed by atoms with van der Waals surface area (Å²) in [6.45, 7) is 0. The molecule has 0 bridgehead atoms. The summed E-state index contributed by atoms with van der Waals surface area (Å²) in [6.07, 6.45) is 5.55. The first kappa shape index (κ1) is 14.1.